The summed E-state index contributed by atoms with van der Waals surface area (Å²) in [6.45, 7) is 4.78. The first-order valence-corrected chi connectivity index (χ1v) is 4.43. The number of likely N-dealkylation sites (N-methyl/N-ethyl adjacent to an activating group) is 1. The average molecular weight is 188 g/mol. The molecule has 0 aliphatic rings. The Morgan fingerprint density at radius 2 is 2.08 bits per heavy atom. The lowest BCUT2D eigenvalue weighted by Gasteiger charge is -2.25. The maximum absolute atomic E-state index is 11.5. The molecular formula is C9H20N2O2. The minimum absolute atomic E-state index is 0.0383. The Bertz CT molecular complexity index is 163. The zero-order chi connectivity index (χ0) is 10.5. The van der Waals surface area contributed by atoms with Crippen LogP contribution in [0, 0.1) is 0 Å². The standard InChI is InChI=1S/C9H20N2O2/c1-9(2,10)8(12)11(3)6-5-7-13-4/h5-7,10H2,1-4H3. The summed E-state index contributed by atoms with van der Waals surface area (Å²) in [7, 11) is 3.40. The number of nitrogens with two attached hydrogens (primary N) is 1. The molecule has 0 atom stereocenters. The van der Waals surface area contributed by atoms with Crippen LogP contribution in [0.15, 0.2) is 0 Å². The second kappa shape index (κ2) is 5.19. The van der Waals surface area contributed by atoms with Crippen molar-refractivity contribution < 1.29 is 9.53 Å². The fourth-order valence-corrected chi connectivity index (χ4v) is 1.04. The van der Waals surface area contributed by atoms with Gasteiger partial charge in [-0.15, -0.1) is 0 Å². The number of rotatable bonds is 5. The van der Waals surface area contributed by atoms with Crippen LogP contribution >= 0.6 is 0 Å². The van der Waals surface area contributed by atoms with Crippen LogP contribution < -0.4 is 5.73 Å². The van der Waals surface area contributed by atoms with Crippen LogP contribution in [0.2, 0.25) is 0 Å². The Kier molecular flexibility index (Phi) is 4.95. The number of hydrogen-bond donors (Lipinski definition) is 1. The number of nitrogens with zero attached hydrogens (tertiary/aromatic N) is 1. The average Bonchev–Trinajstić information content (AvgIpc) is 2.01. The minimum Gasteiger partial charge on any atom is -0.385 e. The van der Waals surface area contributed by atoms with Crippen molar-refractivity contribution in [1.29, 1.82) is 0 Å². The molecule has 0 aliphatic heterocycles. The van der Waals surface area contributed by atoms with Crippen molar-refractivity contribution in [3.8, 4) is 0 Å². The van der Waals surface area contributed by atoms with Crippen molar-refractivity contribution in [2.75, 3.05) is 27.3 Å². The van der Waals surface area contributed by atoms with E-state index in [0.29, 0.717) is 13.2 Å². The second-order valence-electron chi connectivity index (χ2n) is 3.79. The number of carbonyl (C=O) groups is 1. The Labute approximate surface area is 80.0 Å². The van der Waals surface area contributed by atoms with Gasteiger partial charge in [0.15, 0.2) is 0 Å². The molecule has 2 N–H and O–H groups in total. The lowest BCUT2D eigenvalue weighted by molar-refractivity contribution is -0.134. The summed E-state index contributed by atoms with van der Waals surface area (Å²) in [4.78, 5) is 13.2. The van der Waals surface area contributed by atoms with Crippen molar-refractivity contribution in [3.63, 3.8) is 0 Å². The van der Waals surface area contributed by atoms with Gasteiger partial charge in [-0.1, -0.05) is 0 Å². The van der Waals surface area contributed by atoms with Gasteiger partial charge >= 0.3 is 0 Å². The van der Waals surface area contributed by atoms with Crippen LogP contribution in [0.4, 0.5) is 0 Å². The van der Waals surface area contributed by atoms with Gasteiger partial charge in [0, 0.05) is 27.3 Å². The molecule has 0 bridgehead atoms. The summed E-state index contributed by atoms with van der Waals surface area (Å²) in [5, 5.41) is 0. The monoisotopic (exact) mass is 188 g/mol. The molecule has 0 unspecified atom stereocenters. The maximum atomic E-state index is 11.5. The molecule has 0 fully saturated rings. The van der Waals surface area contributed by atoms with Crippen LogP contribution in [0.1, 0.15) is 20.3 Å². The van der Waals surface area contributed by atoms with E-state index >= 15 is 0 Å². The van der Waals surface area contributed by atoms with E-state index in [1.807, 2.05) is 0 Å². The Morgan fingerprint density at radius 1 is 1.54 bits per heavy atom. The van der Waals surface area contributed by atoms with Crippen molar-refractivity contribution in [2.45, 2.75) is 25.8 Å². The summed E-state index contributed by atoms with van der Waals surface area (Å²) in [5.41, 5.74) is 4.89. The first-order chi connectivity index (χ1) is 5.89. The van der Waals surface area contributed by atoms with Crippen molar-refractivity contribution in [2.24, 2.45) is 5.73 Å². The molecule has 0 spiro atoms. The van der Waals surface area contributed by atoms with Crippen LogP contribution in [-0.2, 0) is 9.53 Å². The van der Waals surface area contributed by atoms with Crippen molar-refractivity contribution in [3.05, 3.63) is 0 Å². The van der Waals surface area contributed by atoms with Crippen LogP contribution in [-0.4, -0.2) is 43.7 Å². The SMILES string of the molecule is COCCCN(C)C(=O)C(C)(C)N. The molecule has 0 aromatic rings. The number of hydrogen-bond acceptors (Lipinski definition) is 3. The number of methoxy groups -OCH3 is 1. The molecule has 0 rings (SSSR count). The van der Waals surface area contributed by atoms with Gasteiger partial charge in [-0.05, 0) is 20.3 Å². The summed E-state index contributed by atoms with van der Waals surface area (Å²) < 4.78 is 4.89. The van der Waals surface area contributed by atoms with E-state index in [0.717, 1.165) is 6.42 Å². The van der Waals surface area contributed by atoms with Gasteiger partial charge in [-0.25, -0.2) is 0 Å². The fraction of sp³-hybridized carbons (Fsp3) is 0.889. The number of carbonyl (C=O) groups excluding carboxylic acids is 1. The quantitative estimate of drug-likeness (QED) is 0.628. The first-order valence-electron chi connectivity index (χ1n) is 4.43. The van der Waals surface area contributed by atoms with Gasteiger partial charge in [-0.2, -0.15) is 0 Å². The first kappa shape index (κ1) is 12.4. The zero-order valence-corrected chi connectivity index (χ0v) is 8.96. The highest BCUT2D eigenvalue weighted by Gasteiger charge is 2.24. The van der Waals surface area contributed by atoms with Crippen LogP contribution in [0.5, 0.6) is 0 Å². The highest BCUT2D eigenvalue weighted by molar-refractivity contribution is 5.84. The molecule has 13 heavy (non-hydrogen) atoms. The molecule has 78 valence electrons. The minimum atomic E-state index is -0.776. The topological polar surface area (TPSA) is 55.6 Å². The predicted octanol–water partition coefficient (Wildman–Crippen LogP) is 0.219. The van der Waals surface area contributed by atoms with Gasteiger partial charge < -0.3 is 15.4 Å². The molecule has 0 radical (unpaired) electrons. The lowest BCUT2D eigenvalue weighted by Crippen LogP contribution is -2.50. The molecule has 0 heterocycles. The fourth-order valence-electron chi connectivity index (χ4n) is 1.04. The van der Waals surface area contributed by atoms with Crippen molar-refractivity contribution in [1.82, 2.24) is 4.90 Å². The van der Waals surface area contributed by atoms with Crippen molar-refractivity contribution >= 4 is 5.91 Å². The number of ether oxygens (including phenoxy) is 1. The summed E-state index contributed by atoms with van der Waals surface area (Å²) in [6.07, 6.45) is 0.842. The lowest BCUT2D eigenvalue weighted by atomic mass is 10.1. The summed E-state index contributed by atoms with van der Waals surface area (Å²) in [5.74, 6) is -0.0383. The molecule has 0 saturated heterocycles. The largest absolute Gasteiger partial charge is 0.385 e. The van der Waals surface area contributed by atoms with E-state index in [1.165, 1.54) is 0 Å². The molecule has 0 saturated carbocycles. The van der Waals surface area contributed by atoms with E-state index in [1.54, 1.807) is 32.9 Å². The van der Waals surface area contributed by atoms with Gasteiger partial charge in [0.25, 0.3) is 0 Å². The molecule has 4 nitrogen and oxygen atoms in total. The van der Waals surface area contributed by atoms with E-state index in [2.05, 4.69) is 0 Å². The molecule has 0 aliphatic carbocycles. The molecule has 0 aromatic carbocycles. The normalized spacial score (nSPS) is 11.5. The van der Waals surface area contributed by atoms with Crippen LogP contribution in [0.3, 0.4) is 0 Å². The third-order valence-electron chi connectivity index (χ3n) is 1.74. The highest BCUT2D eigenvalue weighted by atomic mass is 16.5. The molecule has 1 amide bonds. The third kappa shape index (κ3) is 4.85. The third-order valence-corrected chi connectivity index (χ3v) is 1.74. The summed E-state index contributed by atoms with van der Waals surface area (Å²) >= 11 is 0. The van der Waals surface area contributed by atoms with E-state index in [4.69, 9.17) is 10.5 Å². The molecular weight excluding hydrogens is 168 g/mol. The number of amides is 1. The van der Waals surface area contributed by atoms with E-state index in [-0.39, 0.29) is 5.91 Å². The van der Waals surface area contributed by atoms with Gasteiger partial charge in [0.1, 0.15) is 0 Å². The Balaban J connectivity index is 3.84. The Hall–Kier alpha value is -0.610. The zero-order valence-electron chi connectivity index (χ0n) is 8.96. The van der Waals surface area contributed by atoms with Gasteiger partial charge in [0.2, 0.25) is 5.91 Å². The van der Waals surface area contributed by atoms with E-state index < -0.39 is 5.54 Å². The smallest absolute Gasteiger partial charge is 0.241 e. The van der Waals surface area contributed by atoms with Gasteiger partial charge in [-0.3, -0.25) is 4.79 Å². The Morgan fingerprint density at radius 3 is 2.46 bits per heavy atom. The molecule has 4 heteroatoms. The van der Waals surface area contributed by atoms with E-state index in [9.17, 15) is 4.79 Å². The maximum Gasteiger partial charge on any atom is 0.241 e. The van der Waals surface area contributed by atoms with Gasteiger partial charge in [0.05, 0.1) is 5.54 Å². The van der Waals surface area contributed by atoms with Crippen LogP contribution in [0.25, 0.3) is 0 Å². The second-order valence-corrected chi connectivity index (χ2v) is 3.79. The predicted molar refractivity (Wildman–Crippen MR) is 52.4 cm³/mol. The highest BCUT2D eigenvalue weighted by Crippen LogP contribution is 2.02. The molecule has 0 aromatic heterocycles. The summed E-state index contributed by atoms with van der Waals surface area (Å²) in [6, 6.07) is 0.